The molecule has 0 saturated heterocycles. The molecule has 0 aliphatic rings. The minimum atomic E-state index is -0.139. The van der Waals surface area contributed by atoms with Gasteiger partial charge in [0.15, 0.2) is 5.57 Å². The summed E-state index contributed by atoms with van der Waals surface area (Å²) in [5, 5.41) is 18.5. The number of benzene rings is 1. The lowest BCUT2D eigenvalue weighted by Crippen LogP contribution is -2.22. The van der Waals surface area contributed by atoms with Crippen LogP contribution in [0.25, 0.3) is 5.70 Å². The van der Waals surface area contributed by atoms with Gasteiger partial charge in [0.25, 0.3) is 0 Å². The van der Waals surface area contributed by atoms with E-state index in [0.29, 0.717) is 15.6 Å². The number of nitriles is 2. The van der Waals surface area contributed by atoms with Crippen LogP contribution in [0.2, 0.25) is 10.0 Å². The number of aryl methyl sites for hydroxylation is 1. The first-order valence-corrected chi connectivity index (χ1v) is 5.27. The molecular weight excluding hydrogens is 259 g/mol. The maximum absolute atomic E-state index is 8.83. The Morgan fingerprint density at radius 2 is 1.88 bits per heavy atom. The molecule has 0 fully saturated rings. The van der Waals surface area contributed by atoms with E-state index in [1.54, 1.807) is 25.1 Å². The highest BCUT2D eigenvalue weighted by molar-refractivity contribution is 6.36. The highest BCUT2D eigenvalue weighted by atomic mass is 35.5. The minimum absolute atomic E-state index is 0.139. The first-order chi connectivity index (χ1) is 8.04. The molecule has 0 heterocycles. The zero-order chi connectivity index (χ0) is 13.0. The summed E-state index contributed by atoms with van der Waals surface area (Å²) < 4.78 is 0. The van der Waals surface area contributed by atoms with Crippen molar-refractivity contribution in [2.45, 2.75) is 6.92 Å². The number of hydrogen-bond acceptors (Lipinski definition) is 4. The van der Waals surface area contributed by atoms with E-state index in [0.717, 1.165) is 5.56 Å². The van der Waals surface area contributed by atoms with Crippen LogP contribution < -0.4 is 11.3 Å². The second-order valence-corrected chi connectivity index (χ2v) is 4.04. The first-order valence-electron chi connectivity index (χ1n) is 4.52. The van der Waals surface area contributed by atoms with Gasteiger partial charge in [-0.15, -0.1) is 0 Å². The number of hydrazine groups is 1. The van der Waals surface area contributed by atoms with Gasteiger partial charge in [-0.2, -0.15) is 10.5 Å². The van der Waals surface area contributed by atoms with Gasteiger partial charge in [-0.1, -0.05) is 23.2 Å². The largest absolute Gasteiger partial charge is 0.322 e. The van der Waals surface area contributed by atoms with E-state index in [-0.39, 0.29) is 11.3 Å². The van der Waals surface area contributed by atoms with Gasteiger partial charge in [-0.25, -0.2) is 0 Å². The molecule has 6 heteroatoms. The topological polar surface area (TPSA) is 85.6 Å². The Balaban J connectivity index is 3.60. The minimum Gasteiger partial charge on any atom is -0.322 e. The van der Waals surface area contributed by atoms with E-state index in [1.807, 2.05) is 0 Å². The van der Waals surface area contributed by atoms with E-state index < -0.39 is 0 Å². The number of nitrogens with one attached hydrogen (secondary N) is 1. The molecule has 1 rings (SSSR count). The van der Waals surface area contributed by atoms with Gasteiger partial charge in [0.05, 0.1) is 10.7 Å². The molecule has 3 N–H and O–H groups in total. The van der Waals surface area contributed by atoms with Gasteiger partial charge in [0.1, 0.15) is 12.1 Å². The molecule has 1 aromatic rings. The second-order valence-electron chi connectivity index (χ2n) is 3.20. The Morgan fingerprint density at radius 1 is 1.29 bits per heavy atom. The molecule has 0 unspecified atom stereocenters. The third-order valence-electron chi connectivity index (χ3n) is 2.12. The zero-order valence-corrected chi connectivity index (χ0v) is 10.4. The van der Waals surface area contributed by atoms with Crippen LogP contribution in [0.3, 0.4) is 0 Å². The standard InChI is InChI=1S/C11H8Cl2N4/c1-6-2-8(12)3-9(13)10(6)11(17-16)7(4-14)5-15/h2-3,17H,16H2,1H3. The Hall–Kier alpha value is -1.72. The molecule has 4 nitrogen and oxygen atoms in total. The third-order valence-corrected chi connectivity index (χ3v) is 2.64. The monoisotopic (exact) mass is 266 g/mol. The first kappa shape index (κ1) is 13.3. The SMILES string of the molecule is Cc1cc(Cl)cc(Cl)c1C(NN)=C(C#N)C#N. The van der Waals surface area contributed by atoms with Gasteiger partial charge in [0, 0.05) is 10.6 Å². The van der Waals surface area contributed by atoms with Crippen LogP contribution in [0.15, 0.2) is 17.7 Å². The Kier molecular flexibility index (Phi) is 4.37. The average Bonchev–Trinajstić information content (AvgIpc) is 2.27. The lowest BCUT2D eigenvalue weighted by atomic mass is 10.0. The fourth-order valence-corrected chi connectivity index (χ4v) is 2.11. The fraction of sp³-hybridized carbons (Fsp3) is 0.0909. The molecule has 0 aliphatic heterocycles. The highest BCUT2D eigenvalue weighted by Gasteiger charge is 2.15. The summed E-state index contributed by atoms with van der Waals surface area (Å²) >= 11 is 11.9. The van der Waals surface area contributed by atoms with E-state index >= 15 is 0 Å². The average molecular weight is 267 g/mol. The van der Waals surface area contributed by atoms with Crippen LogP contribution in [0, 0.1) is 29.6 Å². The molecule has 0 saturated carbocycles. The molecule has 0 amide bonds. The van der Waals surface area contributed by atoms with E-state index in [1.165, 1.54) is 6.07 Å². The van der Waals surface area contributed by atoms with Gasteiger partial charge >= 0.3 is 0 Å². The van der Waals surface area contributed by atoms with E-state index in [9.17, 15) is 0 Å². The van der Waals surface area contributed by atoms with Gasteiger partial charge in [0.2, 0.25) is 0 Å². The fourth-order valence-electron chi connectivity index (χ4n) is 1.42. The second kappa shape index (κ2) is 5.56. The number of hydrogen-bond donors (Lipinski definition) is 2. The number of nitrogens with zero attached hydrogens (tertiary/aromatic N) is 2. The van der Waals surface area contributed by atoms with Crippen molar-refractivity contribution in [3.05, 3.63) is 38.9 Å². The summed E-state index contributed by atoms with van der Waals surface area (Å²) in [6.07, 6.45) is 0. The lowest BCUT2D eigenvalue weighted by Gasteiger charge is -2.12. The van der Waals surface area contributed by atoms with Crippen LogP contribution in [0.5, 0.6) is 0 Å². The van der Waals surface area contributed by atoms with Crippen LogP contribution in [-0.4, -0.2) is 0 Å². The molecule has 0 bridgehead atoms. The summed E-state index contributed by atoms with van der Waals surface area (Å²) in [6.45, 7) is 1.76. The van der Waals surface area contributed by atoms with E-state index in [4.69, 9.17) is 39.6 Å². The van der Waals surface area contributed by atoms with Crippen molar-refractivity contribution >= 4 is 28.9 Å². The predicted molar refractivity (Wildman–Crippen MR) is 66.7 cm³/mol. The number of rotatable bonds is 2. The quantitative estimate of drug-likeness (QED) is 0.489. The van der Waals surface area contributed by atoms with Gasteiger partial charge in [-0.3, -0.25) is 5.84 Å². The van der Waals surface area contributed by atoms with Crippen LogP contribution in [0.4, 0.5) is 0 Å². The lowest BCUT2D eigenvalue weighted by molar-refractivity contribution is 0.984. The molecule has 17 heavy (non-hydrogen) atoms. The highest BCUT2D eigenvalue weighted by Crippen LogP contribution is 2.30. The summed E-state index contributed by atoms with van der Waals surface area (Å²) in [6, 6.07) is 6.71. The van der Waals surface area contributed by atoms with Gasteiger partial charge < -0.3 is 5.43 Å². The van der Waals surface area contributed by atoms with Crippen molar-refractivity contribution < 1.29 is 0 Å². The van der Waals surface area contributed by atoms with Crippen LogP contribution in [0.1, 0.15) is 11.1 Å². The Labute approximate surface area is 109 Å². The molecule has 0 atom stereocenters. The van der Waals surface area contributed by atoms with Crippen molar-refractivity contribution in [3.8, 4) is 12.1 Å². The molecule has 0 aromatic heterocycles. The summed E-state index contributed by atoms with van der Waals surface area (Å²) in [7, 11) is 0. The molecule has 0 spiro atoms. The molecule has 86 valence electrons. The number of halogens is 2. The van der Waals surface area contributed by atoms with Crippen molar-refractivity contribution in [2.24, 2.45) is 5.84 Å². The van der Waals surface area contributed by atoms with E-state index in [2.05, 4.69) is 5.43 Å². The smallest absolute Gasteiger partial charge is 0.154 e. The Morgan fingerprint density at radius 3 is 2.29 bits per heavy atom. The number of allylic oxidation sites excluding steroid dienone is 1. The maximum Gasteiger partial charge on any atom is 0.154 e. The van der Waals surface area contributed by atoms with Crippen molar-refractivity contribution in [2.75, 3.05) is 0 Å². The van der Waals surface area contributed by atoms with Crippen LogP contribution in [-0.2, 0) is 0 Å². The van der Waals surface area contributed by atoms with Crippen molar-refractivity contribution in [1.29, 1.82) is 10.5 Å². The Bertz CT molecular complexity index is 525. The summed E-state index contributed by atoms with van der Waals surface area (Å²) in [5.74, 6) is 5.33. The molecular formula is C11H8Cl2N4. The van der Waals surface area contributed by atoms with Crippen molar-refractivity contribution in [3.63, 3.8) is 0 Å². The normalized spacial score (nSPS) is 9.06. The maximum atomic E-state index is 8.83. The zero-order valence-electron chi connectivity index (χ0n) is 8.88. The predicted octanol–water partition coefficient (Wildman–Crippen LogP) is 2.52. The molecule has 1 aromatic carbocycles. The summed E-state index contributed by atoms with van der Waals surface area (Å²) in [4.78, 5) is 0. The summed E-state index contributed by atoms with van der Waals surface area (Å²) in [5.41, 5.74) is 3.60. The third kappa shape index (κ3) is 2.69. The van der Waals surface area contributed by atoms with Crippen LogP contribution >= 0.6 is 23.2 Å². The van der Waals surface area contributed by atoms with Crippen molar-refractivity contribution in [1.82, 2.24) is 5.43 Å². The van der Waals surface area contributed by atoms with Gasteiger partial charge in [-0.05, 0) is 24.6 Å². The number of nitrogens with two attached hydrogens (primary N) is 1. The molecule has 0 aliphatic carbocycles. The molecule has 0 radical (unpaired) electrons.